The van der Waals surface area contributed by atoms with Gasteiger partial charge in [-0.05, 0) is 41.8 Å². The van der Waals surface area contributed by atoms with Crippen molar-refractivity contribution in [1.29, 1.82) is 0 Å². The molecule has 106 valence electrons. The van der Waals surface area contributed by atoms with Crippen LogP contribution in [0, 0.1) is 0 Å². The summed E-state index contributed by atoms with van der Waals surface area (Å²) < 4.78 is 5.75. The first kappa shape index (κ1) is 16.1. The monoisotopic (exact) mass is 292 g/mol. The van der Waals surface area contributed by atoms with Gasteiger partial charge in [-0.25, -0.2) is 0 Å². The van der Waals surface area contributed by atoms with Crippen LogP contribution in [0.15, 0.2) is 48.5 Å². The first-order valence-electron chi connectivity index (χ1n) is 6.25. The SMILES string of the molecule is CCc1cc(CC(=O)O)cc(Oc2ccccc2)c1.Cl. The van der Waals surface area contributed by atoms with E-state index in [-0.39, 0.29) is 18.8 Å². The Morgan fingerprint density at radius 1 is 1.05 bits per heavy atom. The molecule has 0 saturated heterocycles. The number of hydrogen-bond donors (Lipinski definition) is 1. The molecule has 20 heavy (non-hydrogen) atoms. The minimum absolute atomic E-state index is 0. The van der Waals surface area contributed by atoms with E-state index in [1.807, 2.05) is 49.4 Å². The molecule has 1 N–H and O–H groups in total. The van der Waals surface area contributed by atoms with Gasteiger partial charge in [0.2, 0.25) is 0 Å². The Labute approximate surface area is 124 Å². The number of carbonyl (C=O) groups is 1. The largest absolute Gasteiger partial charge is 0.481 e. The van der Waals surface area contributed by atoms with Crippen LogP contribution in [0.5, 0.6) is 11.5 Å². The molecule has 3 nitrogen and oxygen atoms in total. The standard InChI is InChI=1S/C16H16O3.ClH/c1-2-12-8-13(11-16(17)18)10-15(9-12)19-14-6-4-3-5-7-14;/h3-10H,2,11H2,1H3,(H,17,18);1H. The third-order valence-corrected chi connectivity index (χ3v) is 2.77. The number of hydrogen-bond acceptors (Lipinski definition) is 2. The van der Waals surface area contributed by atoms with E-state index in [4.69, 9.17) is 9.84 Å². The molecule has 0 aliphatic heterocycles. The molecule has 0 atom stereocenters. The van der Waals surface area contributed by atoms with Crippen molar-refractivity contribution >= 4 is 18.4 Å². The van der Waals surface area contributed by atoms with Gasteiger partial charge < -0.3 is 9.84 Å². The molecule has 0 bridgehead atoms. The van der Waals surface area contributed by atoms with Crippen molar-refractivity contribution in [2.45, 2.75) is 19.8 Å². The zero-order chi connectivity index (χ0) is 13.7. The lowest BCUT2D eigenvalue weighted by molar-refractivity contribution is -0.136. The van der Waals surface area contributed by atoms with Crippen LogP contribution in [0.25, 0.3) is 0 Å². The highest BCUT2D eigenvalue weighted by molar-refractivity contribution is 5.85. The lowest BCUT2D eigenvalue weighted by Crippen LogP contribution is -2.01. The van der Waals surface area contributed by atoms with E-state index in [2.05, 4.69) is 0 Å². The van der Waals surface area contributed by atoms with E-state index in [0.717, 1.165) is 23.3 Å². The summed E-state index contributed by atoms with van der Waals surface area (Å²) in [5.41, 5.74) is 1.84. The molecule has 2 aromatic rings. The second-order valence-electron chi connectivity index (χ2n) is 4.32. The van der Waals surface area contributed by atoms with Crippen LogP contribution in [0.3, 0.4) is 0 Å². The van der Waals surface area contributed by atoms with E-state index < -0.39 is 5.97 Å². The van der Waals surface area contributed by atoms with Crippen molar-refractivity contribution in [2.24, 2.45) is 0 Å². The van der Waals surface area contributed by atoms with Crippen molar-refractivity contribution in [3.63, 3.8) is 0 Å². The molecule has 0 amide bonds. The number of aryl methyl sites for hydroxylation is 1. The molecule has 0 spiro atoms. The van der Waals surface area contributed by atoms with E-state index >= 15 is 0 Å². The molecule has 2 aromatic carbocycles. The number of carboxylic acid groups (broad SMARTS) is 1. The summed E-state index contributed by atoms with van der Waals surface area (Å²) in [5, 5.41) is 8.87. The number of para-hydroxylation sites is 1. The van der Waals surface area contributed by atoms with Crippen molar-refractivity contribution in [2.75, 3.05) is 0 Å². The number of benzene rings is 2. The second-order valence-corrected chi connectivity index (χ2v) is 4.32. The maximum absolute atomic E-state index is 10.8. The fourth-order valence-corrected chi connectivity index (χ4v) is 1.89. The van der Waals surface area contributed by atoms with Gasteiger partial charge in [0.1, 0.15) is 11.5 Å². The van der Waals surface area contributed by atoms with Gasteiger partial charge in [-0.1, -0.05) is 31.2 Å². The Morgan fingerprint density at radius 3 is 2.30 bits per heavy atom. The summed E-state index contributed by atoms with van der Waals surface area (Å²) in [4.78, 5) is 10.8. The summed E-state index contributed by atoms with van der Waals surface area (Å²) in [6, 6.07) is 15.1. The Kier molecular flexibility index (Phi) is 6.07. The van der Waals surface area contributed by atoms with Crippen LogP contribution < -0.4 is 4.74 Å². The zero-order valence-corrected chi connectivity index (χ0v) is 12.0. The molecule has 0 aromatic heterocycles. The van der Waals surface area contributed by atoms with Crippen molar-refractivity contribution in [1.82, 2.24) is 0 Å². The van der Waals surface area contributed by atoms with E-state index in [1.165, 1.54) is 0 Å². The molecule has 0 fully saturated rings. The zero-order valence-electron chi connectivity index (χ0n) is 11.2. The summed E-state index contributed by atoms with van der Waals surface area (Å²) in [5.74, 6) is 0.595. The lowest BCUT2D eigenvalue weighted by Gasteiger charge is -2.09. The average molecular weight is 293 g/mol. The highest BCUT2D eigenvalue weighted by Crippen LogP contribution is 2.24. The molecule has 0 radical (unpaired) electrons. The third kappa shape index (κ3) is 4.59. The van der Waals surface area contributed by atoms with Crippen LogP contribution >= 0.6 is 12.4 Å². The summed E-state index contributed by atoms with van der Waals surface area (Å²) >= 11 is 0. The Bertz CT molecular complexity index is 567. The average Bonchev–Trinajstić information content (AvgIpc) is 2.38. The quantitative estimate of drug-likeness (QED) is 0.903. The van der Waals surface area contributed by atoms with Gasteiger partial charge in [-0.3, -0.25) is 4.79 Å². The summed E-state index contributed by atoms with van der Waals surface area (Å²) in [6.07, 6.45) is 0.859. The van der Waals surface area contributed by atoms with Gasteiger partial charge in [0.25, 0.3) is 0 Å². The fraction of sp³-hybridized carbons (Fsp3) is 0.188. The smallest absolute Gasteiger partial charge is 0.307 e. The minimum Gasteiger partial charge on any atom is -0.481 e. The lowest BCUT2D eigenvalue weighted by atomic mass is 10.1. The number of rotatable bonds is 5. The second kappa shape index (κ2) is 7.56. The number of ether oxygens (including phenoxy) is 1. The van der Waals surface area contributed by atoms with E-state index in [0.29, 0.717) is 5.75 Å². The van der Waals surface area contributed by atoms with Crippen molar-refractivity contribution < 1.29 is 14.6 Å². The Balaban J connectivity index is 0.00000200. The predicted molar refractivity (Wildman–Crippen MR) is 80.9 cm³/mol. The number of carboxylic acids is 1. The highest BCUT2D eigenvalue weighted by atomic mass is 35.5. The van der Waals surface area contributed by atoms with E-state index in [1.54, 1.807) is 6.07 Å². The van der Waals surface area contributed by atoms with Gasteiger partial charge >= 0.3 is 5.97 Å². The van der Waals surface area contributed by atoms with Crippen LogP contribution in [-0.4, -0.2) is 11.1 Å². The Morgan fingerprint density at radius 2 is 1.70 bits per heavy atom. The van der Waals surface area contributed by atoms with Gasteiger partial charge in [-0.2, -0.15) is 0 Å². The molecule has 0 aliphatic rings. The van der Waals surface area contributed by atoms with Gasteiger partial charge in [0.15, 0.2) is 0 Å². The molecular formula is C16H17ClO3. The number of aliphatic carboxylic acids is 1. The maximum atomic E-state index is 10.8. The topological polar surface area (TPSA) is 46.5 Å². The molecular weight excluding hydrogens is 276 g/mol. The minimum atomic E-state index is -0.834. The van der Waals surface area contributed by atoms with Crippen LogP contribution in [0.2, 0.25) is 0 Å². The van der Waals surface area contributed by atoms with Crippen LogP contribution in [-0.2, 0) is 17.6 Å². The normalized spacial score (nSPS) is 9.65. The molecule has 0 heterocycles. The molecule has 2 rings (SSSR count). The predicted octanol–water partition coefficient (Wildman–Crippen LogP) is 4.09. The van der Waals surface area contributed by atoms with E-state index in [9.17, 15) is 4.79 Å². The van der Waals surface area contributed by atoms with Gasteiger partial charge in [0, 0.05) is 0 Å². The van der Waals surface area contributed by atoms with Crippen molar-refractivity contribution in [3.05, 3.63) is 59.7 Å². The summed E-state index contributed by atoms with van der Waals surface area (Å²) in [7, 11) is 0. The number of halogens is 1. The first-order chi connectivity index (χ1) is 9.17. The maximum Gasteiger partial charge on any atom is 0.307 e. The van der Waals surface area contributed by atoms with Gasteiger partial charge in [-0.15, -0.1) is 12.4 Å². The Hall–Kier alpha value is -2.00. The van der Waals surface area contributed by atoms with Crippen LogP contribution in [0.1, 0.15) is 18.1 Å². The van der Waals surface area contributed by atoms with Crippen molar-refractivity contribution in [3.8, 4) is 11.5 Å². The molecule has 0 aliphatic carbocycles. The first-order valence-corrected chi connectivity index (χ1v) is 6.25. The summed E-state index contributed by atoms with van der Waals surface area (Å²) in [6.45, 7) is 2.03. The molecule has 4 heteroatoms. The highest BCUT2D eigenvalue weighted by Gasteiger charge is 2.06. The molecule has 0 unspecified atom stereocenters. The van der Waals surface area contributed by atoms with Gasteiger partial charge in [0.05, 0.1) is 6.42 Å². The molecule has 0 saturated carbocycles. The fourth-order valence-electron chi connectivity index (χ4n) is 1.89. The van der Waals surface area contributed by atoms with Crippen LogP contribution in [0.4, 0.5) is 0 Å². The third-order valence-electron chi connectivity index (χ3n) is 2.77.